The highest BCUT2D eigenvalue weighted by atomic mass is 15.3. The number of hydrogen-bond donors (Lipinski definition) is 1. The minimum atomic E-state index is 0.631. The highest BCUT2D eigenvalue weighted by Crippen LogP contribution is 2.18. The molecule has 2 rings (SSSR count). The van der Waals surface area contributed by atoms with Gasteiger partial charge in [0.05, 0.1) is 0 Å². The lowest BCUT2D eigenvalue weighted by molar-refractivity contribution is 0.209. The first-order valence-electron chi connectivity index (χ1n) is 7.68. The second-order valence-corrected chi connectivity index (χ2v) is 5.64. The van der Waals surface area contributed by atoms with Gasteiger partial charge in [-0.1, -0.05) is 6.92 Å². The smallest absolute Gasteiger partial charge is 0.134 e. The van der Waals surface area contributed by atoms with Crippen LogP contribution in [-0.4, -0.2) is 54.1 Å². The average molecular weight is 277 g/mol. The van der Waals surface area contributed by atoms with Crippen molar-refractivity contribution in [3.63, 3.8) is 0 Å². The number of nitrogens with zero attached hydrogens (tertiary/aromatic N) is 4. The largest absolute Gasteiger partial charge is 0.373 e. The number of anilines is 2. The molecule has 112 valence electrons. The molecule has 0 radical (unpaired) electrons. The molecule has 5 heteroatoms. The molecule has 0 atom stereocenters. The summed E-state index contributed by atoms with van der Waals surface area (Å²) in [6.07, 6.45) is 2.02. The Hall–Kier alpha value is -1.36. The quantitative estimate of drug-likeness (QED) is 0.892. The van der Waals surface area contributed by atoms with Crippen LogP contribution in [0.25, 0.3) is 0 Å². The molecule has 1 aromatic rings. The molecule has 1 fully saturated rings. The zero-order valence-corrected chi connectivity index (χ0v) is 13.2. The van der Waals surface area contributed by atoms with Gasteiger partial charge in [0, 0.05) is 51.8 Å². The standard InChI is InChI=1S/C15H27N5/c1-5-6-13-17-14(16-4)11-15(18-13)20-9-7-19(8-10-20)12(2)3/h11-12H,5-10H2,1-4H3,(H,16,17,18). The van der Waals surface area contributed by atoms with E-state index < -0.39 is 0 Å². The molecule has 1 aliphatic heterocycles. The summed E-state index contributed by atoms with van der Waals surface area (Å²) >= 11 is 0. The van der Waals surface area contributed by atoms with Crippen molar-refractivity contribution < 1.29 is 0 Å². The van der Waals surface area contributed by atoms with Crippen LogP contribution in [0.3, 0.4) is 0 Å². The van der Waals surface area contributed by atoms with Crippen LogP contribution in [0.1, 0.15) is 33.0 Å². The van der Waals surface area contributed by atoms with Crippen LogP contribution in [0, 0.1) is 0 Å². The third-order valence-corrected chi connectivity index (χ3v) is 3.86. The zero-order valence-electron chi connectivity index (χ0n) is 13.2. The van der Waals surface area contributed by atoms with Crippen LogP contribution >= 0.6 is 0 Å². The van der Waals surface area contributed by atoms with Gasteiger partial charge in [-0.05, 0) is 20.3 Å². The van der Waals surface area contributed by atoms with Crippen LogP contribution in [0.15, 0.2) is 6.07 Å². The second kappa shape index (κ2) is 6.88. The maximum absolute atomic E-state index is 4.72. The first-order chi connectivity index (χ1) is 9.63. The number of piperazine rings is 1. The van der Waals surface area contributed by atoms with Crippen LogP contribution in [0.4, 0.5) is 11.6 Å². The molecule has 0 aromatic carbocycles. The fourth-order valence-corrected chi connectivity index (χ4v) is 2.58. The number of hydrogen-bond acceptors (Lipinski definition) is 5. The average Bonchev–Trinajstić information content (AvgIpc) is 2.47. The lowest BCUT2D eigenvalue weighted by atomic mass is 10.2. The minimum absolute atomic E-state index is 0.631. The van der Waals surface area contributed by atoms with Crippen molar-refractivity contribution >= 4 is 11.6 Å². The lowest BCUT2D eigenvalue weighted by Crippen LogP contribution is -2.49. The Kier molecular flexibility index (Phi) is 5.17. The third kappa shape index (κ3) is 3.60. The van der Waals surface area contributed by atoms with E-state index in [-0.39, 0.29) is 0 Å². The number of nitrogens with one attached hydrogen (secondary N) is 1. The van der Waals surface area contributed by atoms with Gasteiger partial charge in [0.2, 0.25) is 0 Å². The SMILES string of the molecule is CCCc1nc(NC)cc(N2CCN(C(C)C)CC2)n1. The van der Waals surface area contributed by atoms with Gasteiger partial charge in [-0.2, -0.15) is 0 Å². The molecule has 0 bridgehead atoms. The van der Waals surface area contributed by atoms with Crippen LogP contribution in [0.5, 0.6) is 0 Å². The van der Waals surface area contributed by atoms with Crippen LogP contribution < -0.4 is 10.2 Å². The molecule has 1 N–H and O–H groups in total. The molecule has 0 unspecified atom stereocenters. The third-order valence-electron chi connectivity index (χ3n) is 3.86. The summed E-state index contributed by atoms with van der Waals surface area (Å²) in [4.78, 5) is 14.1. The van der Waals surface area contributed by atoms with E-state index >= 15 is 0 Å². The normalized spacial score (nSPS) is 16.8. The summed E-state index contributed by atoms with van der Waals surface area (Å²) in [5.74, 6) is 2.93. The first-order valence-corrected chi connectivity index (χ1v) is 7.68. The van der Waals surface area contributed by atoms with Crippen LogP contribution in [0.2, 0.25) is 0 Å². The van der Waals surface area contributed by atoms with Crippen molar-refractivity contribution in [3.05, 3.63) is 11.9 Å². The zero-order chi connectivity index (χ0) is 14.5. The second-order valence-electron chi connectivity index (χ2n) is 5.64. The van der Waals surface area contributed by atoms with Crippen molar-refractivity contribution in [2.45, 2.75) is 39.7 Å². The molecule has 0 saturated carbocycles. The Labute approximate surface area is 122 Å². The Morgan fingerprint density at radius 3 is 2.45 bits per heavy atom. The molecule has 1 aliphatic rings. The molecule has 0 amide bonds. The van der Waals surface area contributed by atoms with E-state index in [0.29, 0.717) is 6.04 Å². The van der Waals surface area contributed by atoms with E-state index in [1.165, 1.54) is 0 Å². The number of rotatable bonds is 5. The van der Waals surface area contributed by atoms with Gasteiger partial charge >= 0.3 is 0 Å². The summed E-state index contributed by atoms with van der Waals surface area (Å²) in [6.45, 7) is 11.0. The maximum atomic E-state index is 4.72. The lowest BCUT2D eigenvalue weighted by Gasteiger charge is -2.37. The van der Waals surface area contributed by atoms with E-state index in [1.807, 2.05) is 7.05 Å². The predicted octanol–water partition coefficient (Wildman–Crippen LogP) is 2.00. The van der Waals surface area contributed by atoms with E-state index in [4.69, 9.17) is 4.98 Å². The fourth-order valence-electron chi connectivity index (χ4n) is 2.58. The van der Waals surface area contributed by atoms with E-state index in [2.05, 4.69) is 46.9 Å². The molecular weight excluding hydrogens is 250 g/mol. The molecule has 0 aliphatic carbocycles. The van der Waals surface area contributed by atoms with Crippen molar-refractivity contribution in [2.75, 3.05) is 43.4 Å². The summed E-state index contributed by atoms with van der Waals surface area (Å²) in [5, 5.41) is 3.14. The molecule has 0 spiro atoms. The maximum Gasteiger partial charge on any atom is 0.134 e. The molecular formula is C15H27N5. The first kappa shape index (κ1) is 15.0. The van der Waals surface area contributed by atoms with Gasteiger partial charge in [0.15, 0.2) is 0 Å². The number of aromatic nitrogens is 2. The molecule has 1 saturated heterocycles. The van der Waals surface area contributed by atoms with E-state index in [1.54, 1.807) is 0 Å². The van der Waals surface area contributed by atoms with Gasteiger partial charge in [0.25, 0.3) is 0 Å². The summed E-state index contributed by atoms with van der Waals surface area (Å²) in [6, 6.07) is 2.69. The van der Waals surface area contributed by atoms with Gasteiger partial charge in [-0.25, -0.2) is 9.97 Å². The van der Waals surface area contributed by atoms with E-state index in [0.717, 1.165) is 56.5 Å². The van der Waals surface area contributed by atoms with Crippen molar-refractivity contribution in [3.8, 4) is 0 Å². The Balaban J connectivity index is 2.10. The Morgan fingerprint density at radius 1 is 1.20 bits per heavy atom. The monoisotopic (exact) mass is 277 g/mol. The summed E-state index contributed by atoms with van der Waals surface area (Å²) in [7, 11) is 1.92. The Morgan fingerprint density at radius 2 is 1.90 bits per heavy atom. The molecule has 2 heterocycles. The Bertz CT molecular complexity index is 424. The predicted molar refractivity (Wildman–Crippen MR) is 84.5 cm³/mol. The number of aryl methyl sites for hydroxylation is 1. The van der Waals surface area contributed by atoms with Gasteiger partial charge in [0.1, 0.15) is 17.5 Å². The topological polar surface area (TPSA) is 44.3 Å². The van der Waals surface area contributed by atoms with Gasteiger partial charge in [-0.15, -0.1) is 0 Å². The molecule has 1 aromatic heterocycles. The van der Waals surface area contributed by atoms with E-state index in [9.17, 15) is 0 Å². The minimum Gasteiger partial charge on any atom is -0.373 e. The van der Waals surface area contributed by atoms with Crippen molar-refractivity contribution in [1.29, 1.82) is 0 Å². The summed E-state index contributed by atoms with van der Waals surface area (Å²) in [5.41, 5.74) is 0. The van der Waals surface area contributed by atoms with Gasteiger partial charge in [-0.3, -0.25) is 4.90 Å². The van der Waals surface area contributed by atoms with Gasteiger partial charge < -0.3 is 10.2 Å². The molecule has 5 nitrogen and oxygen atoms in total. The summed E-state index contributed by atoms with van der Waals surface area (Å²) < 4.78 is 0. The van der Waals surface area contributed by atoms with Crippen molar-refractivity contribution in [2.24, 2.45) is 0 Å². The highest BCUT2D eigenvalue weighted by Gasteiger charge is 2.20. The molecule has 20 heavy (non-hydrogen) atoms. The highest BCUT2D eigenvalue weighted by molar-refractivity contribution is 5.49. The van der Waals surface area contributed by atoms with Crippen molar-refractivity contribution in [1.82, 2.24) is 14.9 Å². The fraction of sp³-hybridized carbons (Fsp3) is 0.733. The van der Waals surface area contributed by atoms with Crippen LogP contribution in [-0.2, 0) is 6.42 Å².